The minimum atomic E-state index is -0.954. The van der Waals surface area contributed by atoms with Crippen molar-refractivity contribution in [2.75, 3.05) is 39.8 Å². The molecule has 4 heterocycles. The average Bonchev–Trinajstić information content (AvgIpc) is 3.44. The van der Waals surface area contributed by atoms with E-state index >= 15 is 0 Å². The van der Waals surface area contributed by atoms with E-state index in [0.717, 1.165) is 77.5 Å². The number of carbonyl (C=O) groups is 3. The lowest BCUT2D eigenvalue weighted by molar-refractivity contribution is -0.706. The van der Waals surface area contributed by atoms with Crippen molar-refractivity contribution in [3.05, 3.63) is 11.6 Å². The van der Waals surface area contributed by atoms with Crippen LogP contribution >= 0.6 is 0 Å². The van der Waals surface area contributed by atoms with Crippen LogP contribution in [0.1, 0.15) is 111 Å². The number of amides is 1. The molecule has 2 aliphatic carbocycles. The number of quaternary nitrogens is 2. The van der Waals surface area contributed by atoms with Gasteiger partial charge in [0, 0.05) is 56.4 Å². The maximum Gasteiger partial charge on any atom is 0.334 e. The molecule has 0 aromatic carbocycles. The second-order valence-electron chi connectivity index (χ2n) is 18.0. The molecule has 4 aliphatic heterocycles. The Morgan fingerprint density at radius 3 is 2.53 bits per heavy atom. The molecule has 11 nitrogen and oxygen atoms in total. The van der Waals surface area contributed by atoms with Gasteiger partial charge in [-0.1, -0.05) is 25.3 Å². The highest BCUT2D eigenvalue weighted by molar-refractivity contribution is 5.88. The first-order valence-corrected chi connectivity index (χ1v) is 20.3. The number of allylic oxidation sites excluding steroid dienone is 1. The van der Waals surface area contributed by atoms with E-state index in [2.05, 4.69) is 17.7 Å². The molecule has 6 aliphatic rings. The van der Waals surface area contributed by atoms with Gasteiger partial charge in [-0.05, 0) is 95.8 Å². The van der Waals surface area contributed by atoms with Crippen molar-refractivity contribution in [1.29, 1.82) is 0 Å². The molecule has 4 saturated heterocycles. The third-order valence-electron chi connectivity index (χ3n) is 14.5. The first-order valence-electron chi connectivity index (χ1n) is 20.3. The Balaban J connectivity index is 1.23. The lowest BCUT2D eigenvalue weighted by Gasteiger charge is -2.49. The summed E-state index contributed by atoms with van der Waals surface area (Å²) < 4.78 is 20.0. The molecule has 2 saturated carbocycles. The van der Waals surface area contributed by atoms with Crippen molar-refractivity contribution in [1.82, 2.24) is 4.90 Å². The van der Waals surface area contributed by atoms with Crippen molar-refractivity contribution in [2.45, 2.75) is 141 Å². The first-order chi connectivity index (χ1) is 24.3. The monoisotopic (exact) mass is 717 g/mol. The Morgan fingerprint density at radius 1 is 1.10 bits per heavy atom. The summed E-state index contributed by atoms with van der Waals surface area (Å²) in [6, 6.07) is 0. The summed E-state index contributed by atoms with van der Waals surface area (Å²) in [5.41, 5.74) is 5.25. The van der Waals surface area contributed by atoms with Crippen LogP contribution in [-0.2, 0) is 28.6 Å². The highest BCUT2D eigenvalue weighted by Crippen LogP contribution is 2.57. The summed E-state index contributed by atoms with van der Waals surface area (Å²) in [5, 5.41) is 14.4. The third kappa shape index (κ3) is 7.94. The van der Waals surface area contributed by atoms with E-state index in [1.165, 1.54) is 6.42 Å². The van der Waals surface area contributed by atoms with E-state index in [0.29, 0.717) is 37.2 Å². The fraction of sp³-hybridized carbons (Fsp3) is 0.875. The van der Waals surface area contributed by atoms with Gasteiger partial charge in [0.2, 0.25) is 5.91 Å². The van der Waals surface area contributed by atoms with E-state index < -0.39 is 11.2 Å². The van der Waals surface area contributed by atoms with Gasteiger partial charge in [0.15, 0.2) is 0 Å². The van der Waals surface area contributed by atoms with Crippen LogP contribution in [0.15, 0.2) is 11.6 Å². The highest BCUT2D eigenvalue weighted by atomic mass is 16.6. The molecule has 9 atom stereocenters. The Labute approximate surface area is 305 Å². The molecular weight excluding hydrogens is 648 g/mol. The predicted octanol–water partition coefficient (Wildman–Crippen LogP) is 2.01. The van der Waals surface area contributed by atoms with Gasteiger partial charge in [0.1, 0.15) is 23.5 Å². The van der Waals surface area contributed by atoms with Crippen molar-refractivity contribution in [2.24, 2.45) is 46.7 Å². The van der Waals surface area contributed by atoms with Crippen LogP contribution in [-0.4, -0.2) is 97.3 Å². The Morgan fingerprint density at radius 2 is 1.84 bits per heavy atom. The number of esters is 2. The first kappa shape index (κ1) is 38.7. The number of ether oxygens (including phenoxy) is 3. The van der Waals surface area contributed by atoms with Crippen molar-refractivity contribution in [3.8, 4) is 0 Å². The topological polar surface area (TPSA) is 162 Å². The molecule has 6 fully saturated rings. The van der Waals surface area contributed by atoms with E-state index in [1.807, 2.05) is 25.7 Å². The number of piperidine rings is 1. The molecule has 0 aromatic heterocycles. The molecule has 0 spiro atoms. The zero-order valence-corrected chi connectivity index (χ0v) is 32.1. The van der Waals surface area contributed by atoms with Gasteiger partial charge in [0.25, 0.3) is 0 Å². The number of hydrogen-bond donors (Lipinski definition) is 4. The minimum Gasteiger partial charge on any atom is -0.462 e. The second-order valence-corrected chi connectivity index (χ2v) is 18.0. The number of rotatable bonds is 12. The zero-order valence-electron chi connectivity index (χ0n) is 32.1. The van der Waals surface area contributed by atoms with Gasteiger partial charge >= 0.3 is 11.9 Å². The lowest BCUT2D eigenvalue weighted by Crippen LogP contribution is -2.96. The Bertz CT molecular complexity index is 1290. The molecule has 288 valence electrons. The van der Waals surface area contributed by atoms with Crippen LogP contribution in [0.4, 0.5) is 0 Å². The van der Waals surface area contributed by atoms with Crippen LogP contribution in [0.5, 0.6) is 0 Å². The molecular formula is C40H68N4O7+2. The average molecular weight is 717 g/mol. The minimum absolute atomic E-state index is 0.0586. The maximum atomic E-state index is 13.7. The summed E-state index contributed by atoms with van der Waals surface area (Å²) in [5.74, 6) is 0.943. The van der Waals surface area contributed by atoms with E-state index in [9.17, 15) is 19.5 Å². The number of aliphatic hydroxyl groups excluding tert-OH is 1. The van der Waals surface area contributed by atoms with Crippen LogP contribution in [0.3, 0.4) is 0 Å². The molecule has 1 amide bonds. The van der Waals surface area contributed by atoms with Gasteiger partial charge in [-0.25, -0.2) is 4.79 Å². The number of fused-ring (bicyclic) bond motifs is 2. The smallest absolute Gasteiger partial charge is 0.334 e. The second kappa shape index (κ2) is 15.7. The van der Waals surface area contributed by atoms with Gasteiger partial charge < -0.3 is 34.9 Å². The zero-order chi connectivity index (χ0) is 36.6. The lowest BCUT2D eigenvalue weighted by atomic mass is 9.59. The molecule has 51 heavy (non-hydrogen) atoms. The number of hydrogen-bond acceptors (Lipinski definition) is 8. The van der Waals surface area contributed by atoms with Crippen LogP contribution < -0.4 is 16.4 Å². The standard InChI is InChI=1S/C40H66N4O7/c1-6-25(2)36(47)51-38(3,4)40(19-28-16-34(41)43-22-30(28)17-35(46)44-23-26(24-44)21-42-5)20-29-14-27-15-31(37(48)49-32(27)18-33(29)50-40)39(12-13-45)10-8-7-9-11-39/h6,26-34,42-43,45H,7-24,41H2,1-5H3/p+2/t27?,28?,29?,30?,31?,32?,33?,34?,40-/m1/s1. The predicted molar refractivity (Wildman–Crippen MR) is 192 cm³/mol. The molecule has 6 rings (SSSR count). The van der Waals surface area contributed by atoms with Gasteiger partial charge in [-0.3, -0.25) is 15.3 Å². The summed E-state index contributed by atoms with van der Waals surface area (Å²) in [6.45, 7) is 11.2. The van der Waals surface area contributed by atoms with Crippen molar-refractivity contribution < 1.29 is 44.3 Å². The summed E-state index contributed by atoms with van der Waals surface area (Å²) in [4.78, 5) is 42.6. The number of aliphatic hydroxyl groups is 1. The molecule has 8 unspecified atom stereocenters. The van der Waals surface area contributed by atoms with Crippen LogP contribution in [0, 0.1) is 40.9 Å². The van der Waals surface area contributed by atoms with Crippen LogP contribution in [0.2, 0.25) is 0 Å². The fourth-order valence-corrected chi connectivity index (χ4v) is 11.2. The number of likely N-dealkylation sites (tertiary alicyclic amines) is 1. The molecule has 0 radical (unpaired) electrons. The summed E-state index contributed by atoms with van der Waals surface area (Å²) in [6.07, 6.45) is 12.4. The fourth-order valence-electron chi connectivity index (χ4n) is 11.2. The van der Waals surface area contributed by atoms with Crippen molar-refractivity contribution in [3.63, 3.8) is 0 Å². The largest absolute Gasteiger partial charge is 0.462 e. The number of nitrogens with zero attached hydrogens (tertiary/aromatic N) is 1. The van der Waals surface area contributed by atoms with E-state index in [1.54, 1.807) is 13.0 Å². The Hall–Kier alpha value is -2.05. The molecule has 0 bridgehead atoms. The van der Waals surface area contributed by atoms with Gasteiger partial charge in [-0.15, -0.1) is 0 Å². The van der Waals surface area contributed by atoms with E-state index in [4.69, 9.17) is 19.9 Å². The van der Waals surface area contributed by atoms with Crippen molar-refractivity contribution >= 4 is 17.8 Å². The highest BCUT2D eigenvalue weighted by Gasteiger charge is 2.62. The molecule has 7 N–H and O–H groups in total. The Kier molecular flexibility index (Phi) is 11.9. The summed E-state index contributed by atoms with van der Waals surface area (Å²) in [7, 11) is 2.08. The van der Waals surface area contributed by atoms with E-state index in [-0.39, 0.29) is 77.8 Å². The normalized spacial score (nSPS) is 37.2. The van der Waals surface area contributed by atoms with Gasteiger partial charge in [-0.2, -0.15) is 0 Å². The molecule has 11 heteroatoms. The quantitative estimate of drug-likeness (QED) is 0.176. The SMILES string of the molecule is CC=C(C)C(=O)OC(C)(C)[C@@]1(CC2CC(N)[NH2+]CC2CC(=O)N2CC(C[NH2+]C)C2)CC2CC3CC(C4(CCO)CCCCC4)C(=O)OC3CC2O1. The van der Waals surface area contributed by atoms with Gasteiger partial charge in [0.05, 0.1) is 32.2 Å². The van der Waals surface area contributed by atoms with Crippen LogP contribution in [0.25, 0.3) is 0 Å². The third-order valence-corrected chi connectivity index (χ3v) is 14.5. The summed E-state index contributed by atoms with van der Waals surface area (Å²) >= 11 is 0. The molecule has 0 aromatic rings. The maximum absolute atomic E-state index is 13.7. The number of carbonyl (C=O) groups excluding carboxylic acids is 3. The number of nitrogens with two attached hydrogens (primary N) is 3.